The molecule has 0 amide bonds. The lowest BCUT2D eigenvalue weighted by molar-refractivity contribution is 0.300. The van der Waals surface area contributed by atoms with Gasteiger partial charge in [0.1, 0.15) is 18.4 Å². The summed E-state index contributed by atoms with van der Waals surface area (Å²) in [6.45, 7) is 0.850. The van der Waals surface area contributed by atoms with E-state index in [1.807, 2.05) is 24.3 Å². The second-order valence-electron chi connectivity index (χ2n) is 4.09. The monoisotopic (exact) mass is 215 g/mol. The zero-order valence-corrected chi connectivity index (χ0v) is 8.91. The Kier molecular flexibility index (Phi) is 2.33. The van der Waals surface area contributed by atoms with E-state index in [9.17, 15) is 0 Å². The van der Waals surface area contributed by atoms with Crippen LogP contribution >= 0.6 is 0 Å². The minimum atomic E-state index is 0.787. The van der Waals surface area contributed by atoms with Crippen molar-refractivity contribution in [2.24, 2.45) is 5.92 Å². The molecule has 1 aromatic carbocycles. The van der Waals surface area contributed by atoms with Crippen LogP contribution in [0.25, 0.3) is 5.69 Å². The SMILES string of the molecule is c1ncn(-c2ccc(OCC3CC3)cc2)n1. The Morgan fingerprint density at radius 3 is 2.69 bits per heavy atom. The zero-order valence-electron chi connectivity index (χ0n) is 8.91. The van der Waals surface area contributed by atoms with Crippen molar-refractivity contribution in [3.8, 4) is 11.4 Å². The van der Waals surface area contributed by atoms with Crippen molar-refractivity contribution in [2.45, 2.75) is 12.8 Å². The van der Waals surface area contributed by atoms with Crippen LogP contribution in [0.4, 0.5) is 0 Å². The number of nitrogens with zero attached hydrogens (tertiary/aromatic N) is 3. The Morgan fingerprint density at radius 2 is 2.06 bits per heavy atom. The van der Waals surface area contributed by atoms with Gasteiger partial charge < -0.3 is 4.74 Å². The van der Waals surface area contributed by atoms with Gasteiger partial charge in [-0.25, -0.2) is 9.67 Å². The lowest BCUT2D eigenvalue weighted by atomic mass is 10.3. The van der Waals surface area contributed by atoms with Gasteiger partial charge in [-0.3, -0.25) is 0 Å². The quantitative estimate of drug-likeness (QED) is 0.783. The van der Waals surface area contributed by atoms with E-state index in [1.165, 1.54) is 19.2 Å². The van der Waals surface area contributed by atoms with Gasteiger partial charge in [0, 0.05) is 0 Å². The fraction of sp³-hybridized carbons (Fsp3) is 0.333. The van der Waals surface area contributed by atoms with Crippen molar-refractivity contribution in [1.29, 1.82) is 0 Å². The molecule has 0 atom stereocenters. The summed E-state index contributed by atoms with van der Waals surface area (Å²) in [5.41, 5.74) is 0.997. The maximum absolute atomic E-state index is 5.66. The molecule has 1 aromatic heterocycles. The summed E-state index contributed by atoms with van der Waals surface area (Å²) >= 11 is 0. The van der Waals surface area contributed by atoms with Crippen molar-refractivity contribution in [1.82, 2.24) is 14.8 Å². The van der Waals surface area contributed by atoms with Gasteiger partial charge in [-0.2, -0.15) is 5.10 Å². The highest BCUT2D eigenvalue weighted by molar-refractivity contribution is 5.36. The molecule has 1 saturated carbocycles. The number of hydrogen-bond donors (Lipinski definition) is 0. The molecule has 0 aliphatic heterocycles. The summed E-state index contributed by atoms with van der Waals surface area (Å²) in [5.74, 6) is 1.71. The van der Waals surface area contributed by atoms with Crippen LogP contribution in [0.15, 0.2) is 36.9 Å². The fourth-order valence-corrected chi connectivity index (χ4v) is 1.54. The second kappa shape index (κ2) is 3.96. The van der Waals surface area contributed by atoms with Crippen molar-refractivity contribution in [3.05, 3.63) is 36.9 Å². The molecule has 0 unspecified atom stereocenters. The van der Waals surface area contributed by atoms with Gasteiger partial charge in [0.2, 0.25) is 0 Å². The molecule has 0 radical (unpaired) electrons. The topological polar surface area (TPSA) is 39.9 Å². The van der Waals surface area contributed by atoms with Crippen molar-refractivity contribution >= 4 is 0 Å². The van der Waals surface area contributed by atoms with Gasteiger partial charge in [-0.05, 0) is 43.0 Å². The van der Waals surface area contributed by atoms with Gasteiger partial charge in [-0.15, -0.1) is 0 Å². The Bertz CT molecular complexity index is 446. The highest BCUT2D eigenvalue weighted by Gasteiger charge is 2.21. The molecule has 0 N–H and O–H groups in total. The molecule has 4 nitrogen and oxygen atoms in total. The largest absolute Gasteiger partial charge is 0.493 e. The van der Waals surface area contributed by atoms with E-state index in [-0.39, 0.29) is 0 Å². The fourth-order valence-electron chi connectivity index (χ4n) is 1.54. The maximum atomic E-state index is 5.66. The molecule has 0 bridgehead atoms. The summed E-state index contributed by atoms with van der Waals surface area (Å²) in [5, 5.41) is 4.07. The molecule has 1 heterocycles. The number of ether oxygens (including phenoxy) is 1. The summed E-state index contributed by atoms with van der Waals surface area (Å²) in [7, 11) is 0. The molecule has 3 rings (SSSR count). The van der Waals surface area contributed by atoms with Crippen LogP contribution in [0.3, 0.4) is 0 Å². The number of rotatable bonds is 4. The minimum Gasteiger partial charge on any atom is -0.493 e. The molecular formula is C12H13N3O. The van der Waals surface area contributed by atoms with Gasteiger partial charge in [-0.1, -0.05) is 0 Å². The van der Waals surface area contributed by atoms with E-state index in [2.05, 4.69) is 10.1 Å². The molecule has 1 fully saturated rings. The third kappa shape index (κ3) is 2.05. The third-order valence-corrected chi connectivity index (χ3v) is 2.70. The van der Waals surface area contributed by atoms with Gasteiger partial charge in [0.15, 0.2) is 0 Å². The van der Waals surface area contributed by atoms with Gasteiger partial charge in [0.25, 0.3) is 0 Å². The average Bonchev–Trinajstić information content (AvgIpc) is 3.00. The first-order chi connectivity index (χ1) is 7.92. The van der Waals surface area contributed by atoms with Crippen molar-refractivity contribution in [3.63, 3.8) is 0 Å². The van der Waals surface area contributed by atoms with Crippen molar-refractivity contribution < 1.29 is 4.74 Å². The van der Waals surface area contributed by atoms with Crippen LogP contribution in [0.1, 0.15) is 12.8 Å². The van der Waals surface area contributed by atoms with Crippen LogP contribution in [0.5, 0.6) is 5.75 Å². The summed E-state index contributed by atoms with van der Waals surface area (Å²) in [6.07, 6.45) is 5.84. The van der Waals surface area contributed by atoms with E-state index >= 15 is 0 Å². The maximum Gasteiger partial charge on any atom is 0.138 e. The molecule has 1 aliphatic carbocycles. The second-order valence-corrected chi connectivity index (χ2v) is 4.09. The number of hydrogen-bond acceptors (Lipinski definition) is 3. The summed E-state index contributed by atoms with van der Waals surface area (Å²) in [6, 6.07) is 7.91. The van der Waals surface area contributed by atoms with Crippen LogP contribution in [0, 0.1) is 5.92 Å². The summed E-state index contributed by atoms with van der Waals surface area (Å²) < 4.78 is 7.38. The first kappa shape index (κ1) is 9.39. The molecular weight excluding hydrogens is 202 g/mol. The lowest BCUT2D eigenvalue weighted by Gasteiger charge is -2.06. The first-order valence-corrected chi connectivity index (χ1v) is 5.50. The third-order valence-electron chi connectivity index (χ3n) is 2.70. The highest BCUT2D eigenvalue weighted by atomic mass is 16.5. The summed E-state index contributed by atoms with van der Waals surface area (Å²) in [4.78, 5) is 3.91. The molecule has 1 aliphatic rings. The zero-order chi connectivity index (χ0) is 10.8. The normalized spacial score (nSPS) is 15.0. The molecule has 0 saturated heterocycles. The molecule has 0 spiro atoms. The Morgan fingerprint density at radius 1 is 1.25 bits per heavy atom. The van der Waals surface area contributed by atoms with Crippen LogP contribution in [-0.2, 0) is 0 Å². The van der Waals surface area contributed by atoms with Gasteiger partial charge >= 0.3 is 0 Å². The average molecular weight is 215 g/mol. The smallest absolute Gasteiger partial charge is 0.138 e. The predicted molar refractivity (Wildman–Crippen MR) is 59.6 cm³/mol. The Balaban J connectivity index is 1.69. The van der Waals surface area contributed by atoms with E-state index in [0.29, 0.717) is 0 Å². The lowest BCUT2D eigenvalue weighted by Crippen LogP contribution is -1.99. The van der Waals surface area contributed by atoms with E-state index in [1.54, 1.807) is 11.0 Å². The number of aromatic nitrogens is 3. The molecule has 16 heavy (non-hydrogen) atoms. The van der Waals surface area contributed by atoms with E-state index in [4.69, 9.17) is 4.74 Å². The van der Waals surface area contributed by atoms with Crippen LogP contribution < -0.4 is 4.74 Å². The van der Waals surface area contributed by atoms with E-state index in [0.717, 1.165) is 24.0 Å². The highest BCUT2D eigenvalue weighted by Crippen LogP contribution is 2.29. The minimum absolute atomic E-state index is 0.787. The van der Waals surface area contributed by atoms with Gasteiger partial charge in [0.05, 0.1) is 12.3 Å². The predicted octanol–water partition coefficient (Wildman–Crippen LogP) is 2.06. The molecule has 2 aromatic rings. The standard InChI is InChI=1S/C12H13N3O/c1-2-10(1)7-16-12-5-3-11(4-6-12)15-9-13-8-14-15/h3-6,8-10H,1-2,7H2. The van der Waals surface area contributed by atoms with Crippen LogP contribution in [0.2, 0.25) is 0 Å². The molecule has 4 heteroatoms. The molecule has 82 valence electrons. The number of benzene rings is 1. The Hall–Kier alpha value is -1.84. The van der Waals surface area contributed by atoms with E-state index < -0.39 is 0 Å². The van der Waals surface area contributed by atoms with Crippen LogP contribution in [-0.4, -0.2) is 21.4 Å². The van der Waals surface area contributed by atoms with Crippen molar-refractivity contribution in [2.75, 3.05) is 6.61 Å². The Labute approximate surface area is 93.9 Å². The first-order valence-electron chi connectivity index (χ1n) is 5.50.